The first-order valence-corrected chi connectivity index (χ1v) is 16.3. The Labute approximate surface area is 274 Å². The highest BCUT2D eigenvalue weighted by Gasteiger charge is 2.39. The summed E-state index contributed by atoms with van der Waals surface area (Å²) in [5, 5.41) is 2.17. The second-order valence-corrected chi connectivity index (χ2v) is 13.7. The Morgan fingerprint density at radius 3 is 2.20 bits per heavy atom. The van der Waals surface area contributed by atoms with E-state index in [1.165, 1.54) is 11.0 Å². The Hall–Kier alpha value is -4.01. The molecule has 46 heavy (non-hydrogen) atoms. The van der Waals surface area contributed by atoms with Gasteiger partial charge in [0.2, 0.25) is 17.7 Å². The van der Waals surface area contributed by atoms with Crippen LogP contribution in [0, 0.1) is 0 Å². The minimum atomic E-state index is -0.823. The first-order valence-electron chi connectivity index (χ1n) is 16.3. The largest absolute Gasteiger partial charge is 0.337 e. The van der Waals surface area contributed by atoms with Crippen molar-refractivity contribution in [3.8, 4) is 0 Å². The number of nitrogens with two attached hydrogens (primary N) is 1. The molecule has 1 heterocycles. The van der Waals surface area contributed by atoms with Crippen molar-refractivity contribution in [1.82, 2.24) is 19.6 Å². The topological polar surface area (TPSA) is 90.2 Å². The van der Waals surface area contributed by atoms with E-state index in [-0.39, 0.29) is 23.8 Å². The molecular weight excluding hydrogens is 574 g/mol. The summed E-state index contributed by atoms with van der Waals surface area (Å²) in [5.74, 6) is -0.602. The number of carbonyl (C=O) groups is 3. The third-order valence-electron chi connectivity index (χ3n) is 8.86. The molecule has 246 valence electrons. The number of likely N-dealkylation sites (tertiary alicyclic amines) is 1. The molecule has 0 spiro atoms. The average Bonchev–Trinajstić information content (AvgIpc) is 3.48. The number of fused-ring (bicyclic) bond motifs is 1. The molecule has 3 aromatic rings. The maximum atomic E-state index is 14.6. The van der Waals surface area contributed by atoms with E-state index in [1.807, 2.05) is 93.5 Å². The van der Waals surface area contributed by atoms with Crippen molar-refractivity contribution in [1.29, 1.82) is 0 Å². The van der Waals surface area contributed by atoms with Gasteiger partial charge in [0.05, 0.1) is 0 Å². The van der Waals surface area contributed by atoms with E-state index in [2.05, 4.69) is 17.0 Å². The van der Waals surface area contributed by atoms with E-state index in [0.29, 0.717) is 25.8 Å². The summed E-state index contributed by atoms with van der Waals surface area (Å²) < 4.78 is 0. The highest BCUT2D eigenvalue weighted by molar-refractivity contribution is 5.95. The van der Waals surface area contributed by atoms with Crippen LogP contribution in [0.25, 0.3) is 10.8 Å². The van der Waals surface area contributed by atoms with Crippen LogP contribution in [0.1, 0.15) is 44.2 Å². The molecule has 1 unspecified atom stereocenters. The second kappa shape index (κ2) is 15.5. The summed E-state index contributed by atoms with van der Waals surface area (Å²) in [6, 6.07) is 22.6. The normalized spacial score (nSPS) is 16.6. The van der Waals surface area contributed by atoms with Crippen LogP contribution < -0.4 is 5.73 Å². The van der Waals surface area contributed by atoms with Gasteiger partial charge in [0.15, 0.2) is 0 Å². The van der Waals surface area contributed by atoms with Crippen molar-refractivity contribution < 1.29 is 14.4 Å². The predicted molar refractivity (Wildman–Crippen MR) is 186 cm³/mol. The van der Waals surface area contributed by atoms with Crippen LogP contribution in [0.4, 0.5) is 0 Å². The van der Waals surface area contributed by atoms with Crippen LogP contribution in [0.5, 0.6) is 0 Å². The molecule has 0 saturated carbocycles. The molecule has 3 amide bonds. The summed E-state index contributed by atoms with van der Waals surface area (Å²) in [5.41, 5.74) is 7.59. The fourth-order valence-electron chi connectivity index (χ4n) is 6.26. The van der Waals surface area contributed by atoms with Crippen molar-refractivity contribution in [2.75, 3.05) is 41.3 Å². The summed E-state index contributed by atoms with van der Waals surface area (Å²) in [6.45, 7) is 5.25. The Balaban J connectivity index is 1.68. The SMILES string of the molecule is CN(C)C[C@@H]1CCCN1C(=O)C(Cc1ccccc1)N(C)C(=O)[C@@H](Cc1ccc2ccccc2c1)N(C)C(=O)/C=C/CC(C)(C)N. The van der Waals surface area contributed by atoms with Gasteiger partial charge in [-0.1, -0.05) is 78.9 Å². The first kappa shape index (κ1) is 34.9. The van der Waals surface area contributed by atoms with Gasteiger partial charge >= 0.3 is 0 Å². The zero-order chi connectivity index (χ0) is 33.4. The number of nitrogens with zero attached hydrogens (tertiary/aromatic N) is 4. The number of likely N-dealkylation sites (N-methyl/N-ethyl adjacent to an activating group) is 3. The van der Waals surface area contributed by atoms with Gasteiger partial charge in [-0.25, -0.2) is 0 Å². The Morgan fingerprint density at radius 2 is 1.52 bits per heavy atom. The number of rotatable bonds is 13. The molecule has 3 atom stereocenters. The Kier molecular flexibility index (Phi) is 11.8. The summed E-state index contributed by atoms with van der Waals surface area (Å²) >= 11 is 0. The van der Waals surface area contributed by atoms with Gasteiger partial charge < -0.3 is 25.3 Å². The predicted octanol–water partition coefficient (Wildman–Crippen LogP) is 4.52. The first-order chi connectivity index (χ1) is 21.8. The highest BCUT2D eigenvalue weighted by Crippen LogP contribution is 2.24. The minimum Gasteiger partial charge on any atom is -0.337 e. The van der Waals surface area contributed by atoms with Crippen LogP contribution in [-0.4, -0.2) is 102 Å². The van der Waals surface area contributed by atoms with Gasteiger partial charge in [-0.05, 0) is 75.2 Å². The number of hydrogen-bond acceptors (Lipinski definition) is 5. The van der Waals surface area contributed by atoms with Crippen LogP contribution in [0.3, 0.4) is 0 Å². The molecule has 0 radical (unpaired) electrons. The molecule has 0 aliphatic carbocycles. The maximum absolute atomic E-state index is 14.6. The van der Waals surface area contributed by atoms with E-state index >= 15 is 0 Å². The van der Waals surface area contributed by atoms with Gasteiger partial charge in [0.25, 0.3) is 0 Å². The lowest BCUT2D eigenvalue weighted by Gasteiger charge is -2.37. The van der Waals surface area contributed by atoms with Crippen LogP contribution in [-0.2, 0) is 27.2 Å². The van der Waals surface area contributed by atoms with Crippen molar-refractivity contribution in [2.24, 2.45) is 5.73 Å². The average molecular weight is 626 g/mol. The highest BCUT2D eigenvalue weighted by atomic mass is 16.2. The molecule has 2 N–H and O–H groups in total. The zero-order valence-electron chi connectivity index (χ0n) is 28.4. The fourth-order valence-corrected chi connectivity index (χ4v) is 6.26. The van der Waals surface area contributed by atoms with E-state index in [1.54, 1.807) is 25.1 Å². The van der Waals surface area contributed by atoms with Crippen molar-refractivity contribution in [3.05, 3.63) is 96.1 Å². The molecule has 8 nitrogen and oxygen atoms in total. The summed E-state index contributed by atoms with van der Waals surface area (Å²) in [7, 11) is 7.42. The lowest BCUT2D eigenvalue weighted by molar-refractivity contribution is -0.149. The lowest BCUT2D eigenvalue weighted by atomic mass is 9.98. The molecule has 1 fully saturated rings. The minimum absolute atomic E-state index is 0.0486. The second-order valence-electron chi connectivity index (χ2n) is 13.7. The Morgan fingerprint density at radius 1 is 0.870 bits per heavy atom. The van der Waals surface area contributed by atoms with E-state index in [9.17, 15) is 14.4 Å². The lowest BCUT2D eigenvalue weighted by Crippen LogP contribution is -2.57. The van der Waals surface area contributed by atoms with Gasteiger partial charge in [0.1, 0.15) is 12.1 Å². The summed E-state index contributed by atoms with van der Waals surface area (Å²) in [6.07, 6.45) is 6.36. The molecule has 3 aromatic carbocycles. The zero-order valence-corrected chi connectivity index (χ0v) is 28.4. The van der Waals surface area contributed by atoms with Gasteiger partial charge in [0, 0.05) is 51.6 Å². The number of hydrogen-bond donors (Lipinski definition) is 1. The quantitative estimate of drug-likeness (QED) is 0.282. The maximum Gasteiger partial charge on any atom is 0.246 e. The molecule has 8 heteroatoms. The molecule has 4 rings (SSSR count). The molecule has 0 bridgehead atoms. The van der Waals surface area contributed by atoms with Crippen molar-refractivity contribution in [3.63, 3.8) is 0 Å². The smallest absolute Gasteiger partial charge is 0.246 e. The fraction of sp³-hybridized carbons (Fsp3) is 0.447. The van der Waals surface area contributed by atoms with Crippen LogP contribution >= 0.6 is 0 Å². The standard InChI is InChI=1S/C38H51N5O3/c1-38(2,39)22-12-19-35(44)41(5)33(26-29-20-21-30-16-10-11-17-31(30)24-29)36(45)42(6)34(25-28-14-8-7-9-15-28)37(46)43-23-13-18-32(43)27-40(3)4/h7-12,14-17,19-21,24,32-34H,13,18,22-23,25-27,39H2,1-6H3/b19-12+/t32-,33+,34?/m0/s1. The van der Waals surface area contributed by atoms with Crippen LogP contribution in [0.15, 0.2) is 84.9 Å². The number of amides is 3. The molecule has 1 aliphatic rings. The van der Waals surface area contributed by atoms with Gasteiger partial charge in [-0.2, -0.15) is 0 Å². The van der Waals surface area contributed by atoms with E-state index < -0.39 is 17.6 Å². The van der Waals surface area contributed by atoms with Gasteiger partial charge in [-0.3, -0.25) is 14.4 Å². The van der Waals surface area contributed by atoms with Crippen LogP contribution in [0.2, 0.25) is 0 Å². The van der Waals surface area contributed by atoms with Crippen molar-refractivity contribution >= 4 is 28.5 Å². The third kappa shape index (κ3) is 9.27. The van der Waals surface area contributed by atoms with E-state index in [4.69, 9.17) is 5.73 Å². The number of carbonyl (C=O) groups excluding carboxylic acids is 3. The third-order valence-corrected chi connectivity index (χ3v) is 8.86. The number of benzene rings is 3. The molecule has 0 aromatic heterocycles. The molecule has 1 saturated heterocycles. The monoisotopic (exact) mass is 625 g/mol. The summed E-state index contributed by atoms with van der Waals surface area (Å²) in [4.78, 5) is 49.6. The van der Waals surface area contributed by atoms with E-state index in [0.717, 1.165) is 41.3 Å². The molecular formula is C38H51N5O3. The Bertz CT molecular complexity index is 1510. The van der Waals surface area contributed by atoms with Crippen molar-refractivity contribution in [2.45, 2.75) is 69.6 Å². The van der Waals surface area contributed by atoms with Gasteiger partial charge in [-0.15, -0.1) is 0 Å². The molecule has 1 aliphatic heterocycles.